The Morgan fingerprint density at radius 2 is 1.85 bits per heavy atom. The molecular weight excluding hydrogens is 538 g/mol. The first-order chi connectivity index (χ1) is 16.2. The molecule has 1 aromatic heterocycles. The van der Waals surface area contributed by atoms with Crippen LogP contribution < -0.4 is 10.6 Å². The molecule has 0 aliphatic rings. The van der Waals surface area contributed by atoms with Gasteiger partial charge in [0.2, 0.25) is 5.91 Å². The number of halogens is 2. The smallest absolute Gasteiger partial charge is 0.251 e. The third kappa shape index (κ3) is 6.61. The monoisotopic (exact) mass is 563 g/mol. The summed E-state index contributed by atoms with van der Waals surface area (Å²) in [5.74, 6) is 0.600. The topological polar surface area (TPSA) is 88.9 Å². The fraction of sp³-hybridized carbons (Fsp3) is 0.333. The summed E-state index contributed by atoms with van der Waals surface area (Å²) in [7, 11) is 0. The summed E-state index contributed by atoms with van der Waals surface area (Å²) in [5.41, 5.74) is 2.34. The Bertz CT molecular complexity index is 1170. The highest BCUT2D eigenvalue weighted by atomic mass is 79.9. The van der Waals surface area contributed by atoms with E-state index in [1.165, 1.54) is 11.8 Å². The summed E-state index contributed by atoms with van der Waals surface area (Å²) >= 11 is 10.7. The van der Waals surface area contributed by atoms with Crippen LogP contribution in [0.4, 0.5) is 5.69 Å². The van der Waals surface area contributed by atoms with E-state index in [0.29, 0.717) is 38.3 Å². The largest absolute Gasteiger partial charge is 0.342 e. The van der Waals surface area contributed by atoms with E-state index in [0.717, 1.165) is 5.56 Å². The normalized spacial score (nSPS) is 12.0. The number of carbonyl (C=O) groups excluding carboxylic acids is 2. The van der Waals surface area contributed by atoms with Gasteiger partial charge in [-0.3, -0.25) is 9.59 Å². The van der Waals surface area contributed by atoms with Crippen molar-refractivity contribution in [3.8, 4) is 0 Å². The van der Waals surface area contributed by atoms with Gasteiger partial charge in [0.05, 0.1) is 16.8 Å². The van der Waals surface area contributed by atoms with Crippen molar-refractivity contribution < 1.29 is 9.59 Å². The Kier molecular flexibility index (Phi) is 9.16. The van der Waals surface area contributed by atoms with E-state index in [2.05, 4.69) is 36.8 Å². The van der Waals surface area contributed by atoms with E-state index >= 15 is 0 Å². The first-order valence-corrected chi connectivity index (χ1v) is 13.0. The number of hydrogen-bond donors (Lipinski definition) is 2. The fourth-order valence-electron chi connectivity index (χ4n) is 3.29. The van der Waals surface area contributed by atoms with E-state index < -0.39 is 0 Å². The van der Waals surface area contributed by atoms with Gasteiger partial charge in [-0.05, 0) is 66.0 Å². The number of aromatic nitrogens is 3. The average molecular weight is 565 g/mol. The van der Waals surface area contributed by atoms with Gasteiger partial charge in [0, 0.05) is 22.3 Å². The van der Waals surface area contributed by atoms with E-state index in [4.69, 9.17) is 11.6 Å². The fourth-order valence-corrected chi connectivity index (χ4v) is 4.60. The highest BCUT2D eigenvalue weighted by Gasteiger charge is 2.26. The lowest BCUT2D eigenvalue weighted by Crippen LogP contribution is -2.33. The second kappa shape index (κ2) is 11.9. The molecule has 0 saturated heterocycles. The van der Waals surface area contributed by atoms with Gasteiger partial charge in [0.15, 0.2) is 11.0 Å². The number of nitrogens with one attached hydrogen (secondary N) is 2. The van der Waals surface area contributed by atoms with Gasteiger partial charge in [-0.15, -0.1) is 10.2 Å². The second-order valence-electron chi connectivity index (χ2n) is 8.11. The van der Waals surface area contributed by atoms with E-state index in [1.54, 1.807) is 18.2 Å². The number of anilines is 1. The molecule has 0 radical (unpaired) electrons. The molecule has 0 fully saturated rings. The molecule has 0 spiro atoms. The molecule has 0 aliphatic carbocycles. The molecule has 180 valence electrons. The van der Waals surface area contributed by atoms with Crippen molar-refractivity contribution in [1.29, 1.82) is 0 Å². The van der Waals surface area contributed by atoms with Crippen molar-refractivity contribution in [3.05, 3.63) is 68.9 Å². The molecule has 3 aromatic rings. The number of rotatable bonds is 9. The van der Waals surface area contributed by atoms with Gasteiger partial charge < -0.3 is 15.2 Å². The lowest BCUT2D eigenvalue weighted by Gasteiger charge is -2.22. The van der Waals surface area contributed by atoms with Crippen LogP contribution >= 0.6 is 39.3 Å². The first-order valence-electron chi connectivity index (χ1n) is 10.9. The zero-order valence-corrected chi connectivity index (χ0v) is 22.6. The van der Waals surface area contributed by atoms with E-state index in [9.17, 15) is 9.59 Å². The number of amides is 2. The maximum Gasteiger partial charge on any atom is 0.251 e. The minimum Gasteiger partial charge on any atom is -0.342 e. The maximum absolute atomic E-state index is 12.8. The number of hydrogen-bond acceptors (Lipinski definition) is 5. The summed E-state index contributed by atoms with van der Waals surface area (Å²) in [6.07, 6.45) is 0. The Labute approximate surface area is 217 Å². The highest BCUT2D eigenvalue weighted by Crippen LogP contribution is 2.27. The minimum absolute atomic E-state index is 0.0911. The van der Waals surface area contributed by atoms with Gasteiger partial charge in [-0.2, -0.15) is 0 Å². The molecule has 34 heavy (non-hydrogen) atoms. The number of carbonyl (C=O) groups is 2. The molecule has 3 rings (SSSR count). The van der Waals surface area contributed by atoms with Crippen LogP contribution in [0.25, 0.3) is 0 Å². The molecule has 0 aliphatic heterocycles. The van der Waals surface area contributed by atoms with Crippen LogP contribution in [0, 0.1) is 12.8 Å². The molecule has 0 unspecified atom stereocenters. The standard InChI is InChI=1S/C24H27BrClN5O2S/c1-5-31-22(21(14(2)3)28-23(33)16-8-6-15(4)7-9-16)29-30-24(31)34-13-20(32)27-17-10-11-19(26)18(25)12-17/h6-12,14,21H,5,13H2,1-4H3,(H,27,32)(H,28,33)/t21-/m1/s1. The summed E-state index contributed by atoms with van der Waals surface area (Å²) in [4.78, 5) is 25.3. The Morgan fingerprint density at radius 3 is 2.47 bits per heavy atom. The number of thioether (sulfide) groups is 1. The van der Waals surface area contributed by atoms with Crippen LogP contribution in [-0.4, -0.2) is 32.3 Å². The van der Waals surface area contributed by atoms with Crippen molar-refractivity contribution >= 4 is 56.8 Å². The van der Waals surface area contributed by atoms with Crippen molar-refractivity contribution in [2.45, 2.75) is 45.4 Å². The Morgan fingerprint density at radius 1 is 1.15 bits per heavy atom. The van der Waals surface area contributed by atoms with Gasteiger partial charge in [0.1, 0.15) is 0 Å². The van der Waals surface area contributed by atoms with Crippen LogP contribution in [0.5, 0.6) is 0 Å². The molecule has 7 nitrogen and oxygen atoms in total. The van der Waals surface area contributed by atoms with Crippen molar-refractivity contribution in [2.75, 3.05) is 11.1 Å². The SMILES string of the molecule is CCn1c(SCC(=O)Nc2ccc(Cl)c(Br)c2)nnc1[C@H](NC(=O)c1ccc(C)cc1)C(C)C. The lowest BCUT2D eigenvalue weighted by molar-refractivity contribution is -0.113. The molecule has 1 atom stereocenters. The number of nitrogens with zero attached hydrogens (tertiary/aromatic N) is 3. The molecule has 10 heteroatoms. The summed E-state index contributed by atoms with van der Waals surface area (Å²) in [6, 6.07) is 12.3. The van der Waals surface area contributed by atoms with E-state index in [-0.39, 0.29) is 29.5 Å². The third-order valence-electron chi connectivity index (χ3n) is 5.14. The summed E-state index contributed by atoms with van der Waals surface area (Å²) < 4.78 is 2.65. The van der Waals surface area contributed by atoms with Gasteiger partial charge in [-0.25, -0.2) is 0 Å². The van der Waals surface area contributed by atoms with Crippen LogP contribution in [-0.2, 0) is 11.3 Å². The molecule has 2 aromatic carbocycles. The quantitative estimate of drug-likeness (QED) is 0.317. The molecule has 0 bridgehead atoms. The number of benzene rings is 2. The predicted octanol–water partition coefficient (Wildman–Crippen LogP) is 5.88. The number of aryl methyl sites for hydroxylation is 1. The zero-order chi connectivity index (χ0) is 24.8. The zero-order valence-electron chi connectivity index (χ0n) is 19.4. The molecule has 1 heterocycles. The van der Waals surface area contributed by atoms with Crippen LogP contribution in [0.3, 0.4) is 0 Å². The Hall–Kier alpha value is -2.36. The Balaban J connectivity index is 1.70. The van der Waals surface area contributed by atoms with Gasteiger partial charge >= 0.3 is 0 Å². The lowest BCUT2D eigenvalue weighted by atomic mass is 10.0. The molecule has 2 N–H and O–H groups in total. The van der Waals surface area contributed by atoms with Crippen molar-refractivity contribution in [1.82, 2.24) is 20.1 Å². The van der Waals surface area contributed by atoms with E-state index in [1.807, 2.05) is 56.5 Å². The predicted molar refractivity (Wildman–Crippen MR) is 140 cm³/mol. The average Bonchev–Trinajstić information content (AvgIpc) is 3.21. The molecular formula is C24H27BrClN5O2S. The molecule has 0 saturated carbocycles. The minimum atomic E-state index is -0.323. The van der Waals surface area contributed by atoms with Crippen LogP contribution in [0.1, 0.15) is 48.6 Å². The van der Waals surface area contributed by atoms with Crippen LogP contribution in [0.15, 0.2) is 52.1 Å². The third-order valence-corrected chi connectivity index (χ3v) is 7.32. The van der Waals surface area contributed by atoms with Crippen LogP contribution in [0.2, 0.25) is 5.02 Å². The summed E-state index contributed by atoms with van der Waals surface area (Å²) in [5, 5.41) is 15.8. The highest BCUT2D eigenvalue weighted by molar-refractivity contribution is 9.10. The maximum atomic E-state index is 12.8. The van der Waals surface area contributed by atoms with Crippen molar-refractivity contribution in [3.63, 3.8) is 0 Å². The molecule has 2 amide bonds. The van der Waals surface area contributed by atoms with Gasteiger partial charge in [-0.1, -0.05) is 54.9 Å². The van der Waals surface area contributed by atoms with Crippen molar-refractivity contribution in [2.24, 2.45) is 5.92 Å². The second-order valence-corrected chi connectivity index (χ2v) is 10.3. The first kappa shape index (κ1) is 26.2. The summed E-state index contributed by atoms with van der Waals surface area (Å²) in [6.45, 7) is 8.64. The van der Waals surface area contributed by atoms with Gasteiger partial charge in [0.25, 0.3) is 5.91 Å².